The Balaban J connectivity index is 3.82. The van der Waals surface area contributed by atoms with Crippen molar-refractivity contribution in [1.29, 1.82) is 0 Å². The average Bonchev–Trinajstić information content (AvgIpc) is 2.28. The zero-order valence-electron chi connectivity index (χ0n) is 10.6. The minimum Gasteiger partial charge on any atom is -0.478 e. The van der Waals surface area contributed by atoms with E-state index >= 15 is 0 Å². The van der Waals surface area contributed by atoms with Crippen LogP contribution in [0.4, 0.5) is 0 Å². The fraction of sp³-hybridized carbons (Fsp3) is 0.750. The van der Waals surface area contributed by atoms with E-state index in [2.05, 4.69) is 18.7 Å². The Kier molecular flexibility index (Phi) is 8.62. The van der Waals surface area contributed by atoms with Crippen LogP contribution in [0.2, 0.25) is 0 Å². The summed E-state index contributed by atoms with van der Waals surface area (Å²) in [5.74, 6) is -0.887. The summed E-state index contributed by atoms with van der Waals surface area (Å²) in [6, 6.07) is 0. The SMILES string of the molecule is CCN(/C=C/C(=O)O)CCCN(CC)CC. The molecular formula is C12H24N2O2. The van der Waals surface area contributed by atoms with Gasteiger partial charge in [-0.25, -0.2) is 4.79 Å². The van der Waals surface area contributed by atoms with Crippen LogP contribution < -0.4 is 0 Å². The van der Waals surface area contributed by atoms with Crippen LogP contribution in [0.25, 0.3) is 0 Å². The molecule has 0 spiro atoms. The summed E-state index contributed by atoms with van der Waals surface area (Å²) in [6.45, 7) is 11.3. The molecule has 0 saturated heterocycles. The summed E-state index contributed by atoms with van der Waals surface area (Å²) < 4.78 is 0. The molecule has 0 heterocycles. The van der Waals surface area contributed by atoms with Crippen LogP contribution in [0.3, 0.4) is 0 Å². The molecule has 0 aliphatic carbocycles. The molecule has 0 aromatic heterocycles. The van der Waals surface area contributed by atoms with Gasteiger partial charge >= 0.3 is 5.97 Å². The van der Waals surface area contributed by atoms with E-state index < -0.39 is 5.97 Å². The molecule has 0 aliphatic heterocycles. The first-order valence-corrected chi connectivity index (χ1v) is 6.01. The second kappa shape index (κ2) is 9.21. The molecule has 0 saturated carbocycles. The highest BCUT2D eigenvalue weighted by Crippen LogP contribution is 1.96. The quantitative estimate of drug-likeness (QED) is 0.609. The van der Waals surface area contributed by atoms with E-state index in [-0.39, 0.29) is 0 Å². The number of carboxylic acids is 1. The Labute approximate surface area is 98.5 Å². The van der Waals surface area contributed by atoms with Crippen molar-refractivity contribution in [2.75, 3.05) is 32.7 Å². The minimum absolute atomic E-state index is 0.849. The van der Waals surface area contributed by atoms with Gasteiger partial charge in [-0.05, 0) is 33.0 Å². The third-order valence-electron chi connectivity index (χ3n) is 2.65. The number of carbonyl (C=O) groups is 1. The molecule has 94 valence electrons. The van der Waals surface area contributed by atoms with Crippen LogP contribution in [-0.2, 0) is 4.79 Å². The topological polar surface area (TPSA) is 43.8 Å². The molecule has 0 unspecified atom stereocenters. The van der Waals surface area contributed by atoms with Crippen molar-refractivity contribution < 1.29 is 9.90 Å². The van der Waals surface area contributed by atoms with Crippen LogP contribution in [-0.4, -0.2) is 53.6 Å². The molecular weight excluding hydrogens is 204 g/mol. The smallest absolute Gasteiger partial charge is 0.329 e. The zero-order valence-corrected chi connectivity index (χ0v) is 10.6. The van der Waals surface area contributed by atoms with E-state index in [9.17, 15) is 4.79 Å². The van der Waals surface area contributed by atoms with E-state index in [1.807, 2.05) is 11.8 Å². The van der Waals surface area contributed by atoms with Crippen molar-refractivity contribution in [2.45, 2.75) is 27.2 Å². The highest BCUT2D eigenvalue weighted by atomic mass is 16.4. The summed E-state index contributed by atoms with van der Waals surface area (Å²) in [5, 5.41) is 8.53. The minimum atomic E-state index is -0.887. The Hall–Kier alpha value is -1.03. The third-order valence-corrected chi connectivity index (χ3v) is 2.65. The zero-order chi connectivity index (χ0) is 12.4. The van der Waals surface area contributed by atoms with Crippen LogP contribution in [0.5, 0.6) is 0 Å². The van der Waals surface area contributed by atoms with Gasteiger partial charge in [-0.3, -0.25) is 0 Å². The summed E-state index contributed by atoms with van der Waals surface area (Å²) in [6.07, 6.45) is 3.92. The van der Waals surface area contributed by atoms with Crippen LogP contribution in [0.1, 0.15) is 27.2 Å². The lowest BCUT2D eigenvalue weighted by atomic mass is 10.3. The van der Waals surface area contributed by atoms with Crippen LogP contribution in [0.15, 0.2) is 12.3 Å². The molecule has 0 aromatic carbocycles. The molecule has 0 fully saturated rings. The molecule has 0 aliphatic rings. The Bertz CT molecular complexity index is 213. The predicted molar refractivity (Wildman–Crippen MR) is 66.4 cm³/mol. The molecule has 0 amide bonds. The maximum absolute atomic E-state index is 10.4. The maximum Gasteiger partial charge on any atom is 0.329 e. The Morgan fingerprint density at radius 3 is 2.19 bits per heavy atom. The fourth-order valence-corrected chi connectivity index (χ4v) is 1.54. The Morgan fingerprint density at radius 2 is 1.75 bits per heavy atom. The van der Waals surface area contributed by atoms with Gasteiger partial charge in [-0.15, -0.1) is 0 Å². The molecule has 0 atom stereocenters. The molecule has 4 nitrogen and oxygen atoms in total. The lowest BCUT2D eigenvalue weighted by Crippen LogP contribution is -2.27. The third kappa shape index (κ3) is 7.29. The van der Waals surface area contributed by atoms with Crippen molar-refractivity contribution in [1.82, 2.24) is 9.80 Å². The molecule has 1 N–H and O–H groups in total. The number of carboxylic acid groups (broad SMARTS) is 1. The van der Waals surface area contributed by atoms with Gasteiger partial charge in [0.05, 0.1) is 0 Å². The Morgan fingerprint density at radius 1 is 1.12 bits per heavy atom. The molecule has 0 rings (SSSR count). The molecule has 4 heteroatoms. The monoisotopic (exact) mass is 228 g/mol. The van der Waals surface area contributed by atoms with Gasteiger partial charge in [-0.2, -0.15) is 0 Å². The second-order valence-corrected chi connectivity index (χ2v) is 3.66. The van der Waals surface area contributed by atoms with Gasteiger partial charge in [-0.1, -0.05) is 13.8 Å². The number of hydrogen-bond acceptors (Lipinski definition) is 3. The van der Waals surface area contributed by atoms with Crippen molar-refractivity contribution in [2.24, 2.45) is 0 Å². The van der Waals surface area contributed by atoms with E-state index in [0.29, 0.717) is 0 Å². The van der Waals surface area contributed by atoms with Crippen molar-refractivity contribution in [3.63, 3.8) is 0 Å². The summed E-state index contributed by atoms with van der Waals surface area (Å²) in [4.78, 5) is 14.8. The number of nitrogens with zero attached hydrogens (tertiary/aromatic N) is 2. The van der Waals surface area contributed by atoms with Gasteiger partial charge in [0.1, 0.15) is 0 Å². The highest BCUT2D eigenvalue weighted by molar-refractivity contribution is 5.79. The summed E-state index contributed by atoms with van der Waals surface area (Å²) >= 11 is 0. The van der Waals surface area contributed by atoms with E-state index in [4.69, 9.17) is 5.11 Å². The van der Waals surface area contributed by atoms with E-state index in [0.717, 1.165) is 39.1 Å². The first-order valence-electron chi connectivity index (χ1n) is 6.01. The lowest BCUT2D eigenvalue weighted by molar-refractivity contribution is -0.131. The second-order valence-electron chi connectivity index (χ2n) is 3.66. The van der Waals surface area contributed by atoms with E-state index in [1.54, 1.807) is 6.20 Å². The summed E-state index contributed by atoms with van der Waals surface area (Å²) in [5.41, 5.74) is 0. The molecule has 0 bridgehead atoms. The molecule has 0 radical (unpaired) electrons. The van der Waals surface area contributed by atoms with Gasteiger partial charge in [0.15, 0.2) is 0 Å². The number of rotatable bonds is 9. The maximum atomic E-state index is 10.4. The van der Waals surface area contributed by atoms with Gasteiger partial charge in [0.25, 0.3) is 0 Å². The lowest BCUT2D eigenvalue weighted by Gasteiger charge is -2.22. The normalized spacial score (nSPS) is 11.2. The van der Waals surface area contributed by atoms with Gasteiger partial charge < -0.3 is 14.9 Å². The molecule has 0 aromatic rings. The first kappa shape index (κ1) is 15.0. The van der Waals surface area contributed by atoms with Crippen molar-refractivity contribution in [3.8, 4) is 0 Å². The van der Waals surface area contributed by atoms with Crippen LogP contribution >= 0.6 is 0 Å². The average molecular weight is 228 g/mol. The van der Waals surface area contributed by atoms with E-state index in [1.165, 1.54) is 6.08 Å². The number of hydrogen-bond donors (Lipinski definition) is 1. The standard InChI is InChI=1S/C12H24N2O2/c1-4-13(5-2)9-7-10-14(6-3)11-8-12(15)16/h8,11H,4-7,9-10H2,1-3H3,(H,15,16)/b11-8+. The van der Waals surface area contributed by atoms with Crippen molar-refractivity contribution >= 4 is 5.97 Å². The fourth-order valence-electron chi connectivity index (χ4n) is 1.54. The van der Waals surface area contributed by atoms with Crippen LogP contribution in [0, 0.1) is 0 Å². The van der Waals surface area contributed by atoms with Crippen molar-refractivity contribution in [3.05, 3.63) is 12.3 Å². The summed E-state index contributed by atoms with van der Waals surface area (Å²) in [7, 11) is 0. The number of aliphatic carboxylic acids is 1. The highest BCUT2D eigenvalue weighted by Gasteiger charge is 2.01. The predicted octanol–water partition coefficient (Wildman–Crippen LogP) is 1.64. The van der Waals surface area contributed by atoms with Gasteiger partial charge in [0.2, 0.25) is 0 Å². The largest absolute Gasteiger partial charge is 0.478 e. The first-order chi connectivity index (χ1) is 7.63. The van der Waals surface area contributed by atoms with Gasteiger partial charge in [0, 0.05) is 25.4 Å². The molecule has 16 heavy (non-hydrogen) atoms.